The van der Waals surface area contributed by atoms with Crippen LogP contribution >= 0.6 is 24.0 Å². The highest BCUT2D eigenvalue weighted by Gasteiger charge is 2.52. The largest absolute Gasteiger partial charge is 0.494 e. The summed E-state index contributed by atoms with van der Waals surface area (Å²) >= 11 is 6.10. The van der Waals surface area contributed by atoms with Crippen molar-refractivity contribution in [2.45, 2.75) is 64.1 Å². The average Bonchev–Trinajstić information content (AvgIpc) is 3.33. The van der Waals surface area contributed by atoms with Crippen molar-refractivity contribution in [1.29, 1.82) is 10.5 Å². The molecule has 0 aliphatic carbocycles. The van der Waals surface area contributed by atoms with E-state index in [1.165, 1.54) is 24.0 Å². The van der Waals surface area contributed by atoms with Gasteiger partial charge < -0.3 is 47.2 Å². The van der Waals surface area contributed by atoms with Gasteiger partial charge in [0.15, 0.2) is 11.2 Å². The fraction of sp³-hybridized carbons (Fsp3) is 0.333. The van der Waals surface area contributed by atoms with Crippen LogP contribution in [0.15, 0.2) is 106 Å². The second kappa shape index (κ2) is 25.0. The number of nitrogens with zero attached hydrogens (tertiary/aromatic N) is 10. The molecule has 8 aromatic rings. The highest BCUT2D eigenvalue weighted by Crippen LogP contribution is 2.40. The predicted octanol–water partition coefficient (Wildman–Crippen LogP) is 10.8. The number of carbonyl (C=O) groups excluding carboxylic acids is 2. The second-order valence-corrected chi connectivity index (χ2v) is 21.6. The van der Waals surface area contributed by atoms with Crippen molar-refractivity contribution in [1.82, 2.24) is 29.7 Å². The maximum atomic E-state index is 13.7. The Morgan fingerprint density at radius 3 is 1.59 bits per heavy atom. The third-order valence-corrected chi connectivity index (χ3v) is 15.0. The first-order chi connectivity index (χ1) is 39.1. The summed E-state index contributed by atoms with van der Waals surface area (Å²) in [6.45, 7) is 9.87. The molecule has 2 atom stereocenters. The maximum absolute atomic E-state index is 13.7. The maximum Gasteiger partial charge on any atom is 0.494 e. The molecule has 0 N–H and O–H groups in total. The van der Waals surface area contributed by atoms with Crippen molar-refractivity contribution >= 4 is 82.0 Å². The Bertz CT molecular complexity index is 3790. The van der Waals surface area contributed by atoms with E-state index in [0.717, 1.165) is 28.0 Å². The minimum absolute atomic E-state index is 0. The number of hydrogen-bond donors (Lipinski definition) is 0. The van der Waals surface area contributed by atoms with Gasteiger partial charge in [0.1, 0.15) is 58.4 Å². The summed E-state index contributed by atoms with van der Waals surface area (Å²) in [5.41, 5.74) is 8.14. The SMILES string of the molecule is CC1(C)OB(c2ccc(N3CCC(F)C3)c(C#N)c2)OC1(C)C.COc1nc(C(=O)N(C)C)ccc1-c1cc2nccc(-c3ccc(N4CCC(F)C4)c(C#N)c3)c2o1.COc1nc(C(=O)N(C)C)ccc1-c1cc2nccc(Cl)c2o1.Cl. The van der Waals surface area contributed by atoms with Crippen LogP contribution in [0, 0.1) is 22.7 Å². The number of aromatic nitrogens is 4. The molecule has 3 saturated heterocycles. The summed E-state index contributed by atoms with van der Waals surface area (Å²) in [4.78, 5) is 48.3. The molecule has 0 bridgehead atoms. The van der Waals surface area contributed by atoms with E-state index in [4.69, 9.17) is 39.2 Å². The summed E-state index contributed by atoms with van der Waals surface area (Å²) in [6, 6.07) is 29.3. The monoisotopic (exact) mass is 1170 g/mol. The molecule has 18 nitrogen and oxygen atoms in total. The molecule has 3 aliphatic rings. The van der Waals surface area contributed by atoms with E-state index in [1.54, 1.807) is 95.2 Å². The molecule has 6 aromatic heterocycles. The molecule has 9 heterocycles. The number of hydrogen-bond acceptors (Lipinski definition) is 16. The van der Waals surface area contributed by atoms with Gasteiger partial charge in [-0.2, -0.15) is 10.5 Å². The lowest BCUT2D eigenvalue weighted by molar-refractivity contribution is 0.00578. The van der Waals surface area contributed by atoms with E-state index in [-0.39, 0.29) is 35.8 Å². The van der Waals surface area contributed by atoms with Crippen LogP contribution in [-0.4, -0.2) is 141 Å². The van der Waals surface area contributed by atoms with Gasteiger partial charge in [0.2, 0.25) is 11.8 Å². The molecular formula is C60H61BCl2F2N10O8. The second-order valence-electron chi connectivity index (χ2n) is 21.2. The topological polar surface area (TPSA) is 209 Å². The number of methoxy groups -OCH3 is 2. The fourth-order valence-electron chi connectivity index (χ4n) is 9.59. The van der Waals surface area contributed by atoms with Crippen LogP contribution in [0.25, 0.3) is 56.0 Å². The van der Waals surface area contributed by atoms with Gasteiger partial charge in [0.25, 0.3) is 11.8 Å². The molecule has 2 unspecified atom stereocenters. The molecule has 2 amide bonds. The zero-order valence-corrected chi connectivity index (χ0v) is 49.1. The van der Waals surface area contributed by atoms with Crippen molar-refractivity contribution in [2.24, 2.45) is 0 Å². The predicted molar refractivity (Wildman–Crippen MR) is 316 cm³/mol. The Balaban J connectivity index is 0.000000168. The van der Waals surface area contributed by atoms with Gasteiger partial charge in [-0.1, -0.05) is 23.7 Å². The molecule has 3 aliphatic heterocycles. The van der Waals surface area contributed by atoms with Crippen molar-refractivity contribution in [3.05, 3.63) is 125 Å². The molecule has 0 spiro atoms. The first-order valence-electron chi connectivity index (χ1n) is 26.3. The average molecular weight is 1170 g/mol. The number of amides is 2. The Kier molecular flexibility index (Phi) is 18.3. The molecule has 0 radical (unpaired) electrons. The number of ether oxygens (including phenoxy) is 2. The van der Waals surface area contributed by atoms with Crippen molar-refractivity contribution < 1.29 is 46.0 Å². The number of nitriles is 2. The number of benzene rings is 2. The standard InChI is InChI=1S/C27H24FN5O3.C17H22BFN2O2.C16H14ClN3O3.ClH/c1-32(2)27(34)21-6-5-20(26(31-21)35-3)24-13-22-25(36-24)19(8-10-30-22)16-4-7-23(17(12-16)14-29)33-11-9-18(28)15-33;1-16(2)17(3,4)23-18(22-16)13-5-6-15(12(9-13)10-20)21-8-7-14(19)11-21;1-20(2)16(21)11-5-4-9(15(19-11)22-3)13-8-12-14(23-13)10(17)6-7-18-12;/h4-8,10,12-13,18H,9,11,15H2,1-3H3;5-6,9,14H,7-8,11H2,1-4H3;4-8H,1-3H3;1H. The van der Waals surface area contributed by atoms with Gasteiger partial charge in [0, 0.05) is 84.5 Å². The number of halogens is 4. The van der Waals surface area contributed by atoms with Gasteiger partial charge >= 0.3 is 7.12 Å². The number of pyridine rings is 4. The number of fused-ring (bicyclic) bond motifs is 2. The van der Waals surface area contributed by atoms with Gasteiger partial charge in [-0.3, -0.25) is 19.6 Å². The van der Waals surface area contributed by atoms with Crippen LogP contribution < -0.4 is 24.7 Å². The van der Waals surface area contributed by atoms with Crippen molar-refractivity contribution in [2.75, 3.05) is 78.4 Å². The van der Waals surface area contributed by atoms with Crippen LogP contribution in [0.3, 0.4) is 0 Å². The Morgan fingerprint density at radius 1 is 0.663 bits per heavy atom. The smallest absolute Gasteiger partial charge is 0.480 e. The van der Waals surface area contributed by atoms with Gasteiger partial charge in [-0.15, -0.1) is 12.4 Å². The molecule has 2 aromatic carbocycles. The number of carbonyl (C=O) groups is 2. The van der Waals surface area contributed by atoms with Crippen LogP contribution in [0.4, 0.5) is 20.2 Å². The Morgan fingerprint density at radius 2 is 1.13 bits per heavy atom. The summed E-state index contributed by atoms with van der Waals surface area (Å²) in [5, 5.41) is 19.7. The van der Waals surface area contributed by atoms with Gasteiger partial charge in [0.05, 0.1) is 64.1 Å². The molecule has 11 rings (SSSR count). The van der Waals surface area contributed by atoms with Crippen molar-refractivity contribution in [3.63, 3.8) is 0 Å². The highest BCUT2D eigenvalue weighted by atomic mass is 35.5. The minimum atomic E-state index is -0.876. The van der Waals surface area contributed by atoms with Crippen LogP contribution in [0.1, 0.15) is 72.6 Å². The summed E-state index contributed by atoms with van der Waals surface area (Å²) in [6.07, 6.45) is 2.58. The molecule has 3 fully saturated rings. The number of rotatable bonds is 10. The lowest BCUT2D eigenvalue weighted by atomic mass is 9.78. The van der Waals surface area contributed by atoms with E-state index in [1.807, 2.05) is 67.8 Å². The summed E-state index contributed by atoms with van der Waals surface area (Å²) in [5.74, 6) is 1.13. The van der Waals surface area contributed by atoms with Crippen LogP contribution in [-0.2, 0) is 9.31 Å². The van der Waals surface area contributed by atoms with Crippen molar-refractivity contribution in [3.8, 4) is 57.7 Å². The van der Waals surface area contributed by atoms with E-state index in [0.29, 0.717) is 112 Å². The zero-order valence-electron chi connectivity index (χ0n) is 47.5. The normalized spacial score (nSPS) is 16.7. The lowest BCUT2D eigenvalue weighted by Crippen LogP contribution is -2.41. The third kappa shape index (κ3) is 12.7. The van der Waals surface area contributed by atoms with Crippen LogP contribution in [0.5, 0.6) is 11.8 Å². The fourth-order valence-corrected chi connectivity index (χ4v) is 9.78. The summed E-state index contributed by atoms with van der Waals surface area (Å²) < 4.78 is 62.0. The number of alkyl halides is 2. The third-order valence-electron chi connectivity index (χ3n) is 14.7. The molecule has 0 saturated carbocycles. The van der Waals surface area contributed by atoms with E-state index >= 15 is 0 Å². The van der Waals surface area contributed by atoms with Gasteiger partial charge in [-0.25, -0.2) is 18.7 Å². The number of furan rings is 2. The first kappa shape index (κ1) is 60.8. The summed E-state index contributed by atoms with van der Waals surface area (Å²) in [7, 11) is 9.12. The quantitative estimate of drug-likeness (QED) is 0.117. The number of anilines is 2. The van der Waals surface area contributed by atoms with E-state index in [9.17, 15) is 28.9 Å². The first-order valence-corrected chi connectivity index (χ1v) is 26.7. The van der Waals surface area contributed by atoms with Crippen LogP contribution in [0.2, 0.25) is 5.02 Å². The van der Waals surface area contributed by atoms with E-state index in [2.05, 4.69) is 32.1 Å². The Hall–Kier alpha value is -8.34. The van der Waals surface area contributed by atoms with Gasteiger partial charge in [-0.05, 0) is 112 Å². The molecule has 83 heavy (non-hydrogen) atoms. The van der Waals surface area contributed by atoms with E-state index < -0.39 is 30.7 Å². The Labute approximate surface area is 491 Å². The lowest BCUT2D eigenvalue weighted by Gasteiger charge is -2.32. The zero-order chi connectivity index (χ0) is 58.8. The molecular weight excluding hydrogens is 1110 g/mol. The molecule has 23 heteroatoms. The highest BCUT2D eigenvalue weighted by molar-refractivity contribution is 6.62. The molecule has 430 valence electrons. The minimum Gasteiger partial charge on any atom is -0.480 e.